The molecule has 3 aromatic heterocycles. The first-order chi connectivity index (χ1) is 42.1. The zero-order chi connectivity index (χ0) is 61.7. The van der Waals surface area contributed by atoms with E-state index >= 15 is 0 Å². The van der Waals surface area contributed by atoms with Crippen LogP contribution in [-0.4, -0.2) is 39.9 Å². The van der Waals surface area contributed by atoms with Gasteiger partial charge in [0, 0.05) is 43.8 Å². The summed E-state index contributed by atoms with van der Waals surface area (Å²) in [5, 5.41) is 3.90. The molecule has 2 aliphatic heterocycles. The molecule has 13 rings (SSSR count). The van der Waals surface area contributed by atoms with Crippen molar-refractivity contribution in [1.29, 1.82) is 0 Å². The molecule has 8 bridgehead atoms. The number of rotatable bonds is 12. The third-order valence-corrected chi connectivity index (χ3v) is 17.3. The third-order valence-electron chi connectivity index (χ3n) is 16.1. The van der Waals surface area contributed by atoms with Crippen molar-refractivity contribution < 1.29 is 18.9 Å². The molecule has 0 amide bonds. The van der Waals surface area contributed by atoms with E-state index in [0.717, 1.165) is 44.5 Å². The maximum atomic E-state index is 7.32. The number of nitrogens with zero attached hydrogens (tertiary/aromatic N) is 6. The Balaban J connectivity index is 1.11. The minimum atomic E-state index is 0.166. The number of aryl methyl sites for hydroxylation is 4. The lowest BCUT2D eigenvalue weighted by Gasteiger charge is -2.16. The molecule has 88 heavy (non-hydrogen) atoms. The number of hydrogen-bond acceptors (Lipinski definition) is 10. The van der Waals surface area contributed by atoms with E-state index in [4.69, 9.17) is 95.3 Å². The number of aromatic nitrogens is 8. The van der Waals surface area contributed by atoms with Gasteiger partial charge in [-0.3, -0.25) is 0 Å². The second kappa shape index (κ2) is 22.9. The predicted molar refractivity (Wildman–Crippen MR) is 357 cm³/mol. The molecule has 0 saturated carbocycles. The number of ether oxygens (including phenoxy) is 4. The van der Waals surface area contributed by atoms with E-state index in [9.17, 15) is 0 Å². The molecule has 0 unspecified atom stereocenters. The quantitative estimate of drug-likeness (QED) is 0.121. The normalized spacial score (nSPS) is 12.0. The molecule has 0 atom stereocenters. The summed E-state index contributed by atoms with van der Waals surface area (Å²) in [6, 6.07) is 39.5. The molecule has 0 fully saturated rings. The fourth-order valence-corrected chi connectivity index (χ4v) is 12.2. The molecule has 0 radical (unpaired) electrons. The smallest absolute Gasteiger partial charge is 0.164 e. The summed E-state index contributed by atoms with van der Waals surface area (Å²) < 4.78 is 27.1. The van der Waals surface area contributed by atoms with Crippen LogP contribution in [0.3, 0.4) is 0 Å². The molecular formula is C72H62Cl4N8O4. The highest BCUT2D eigenvalue weighted by molar-refractivity contribution is 6.34. The molecule has 8 aromatic carbocycles. The molecule has 442 valence electrons. The van der Waals surface area contributed by atoms with Crippen LogP contribution >= 0.6 is 46.4 Å². The van der Waals surface area contributed by atoms with Gasteiger partial charge in [0.25, 0.3) is 0 Å². The van der Waals surface area contributed by atoms with E-state index < -0.39 is 0 Å². The van der Waals surface area contributed by atoms with Gasteiger partial charge in [-0.05, 0) is 169 Å². The Hall–Kier alpha value is -8.52. The molecule has 11 aromatic rings. The zero-order valence-corrected chi connectivity index (χ0v) is 53.7. The standard InChI is InChI=1S/C72H62Cl4N8O4/c1-33(2)41-17-13-37(9)21-57(41)85-61-29-49-45(25-53(61)73)65-77-69(49)81-66-46-26-54(74)62(86-58-22-38(10)14-18-42(58)34(3)4)30-50(46)71(78-66)83-68-48-28-56(76)64(88-60-24-40(12)16-20-44(60)36(7)8)32-52(48)72(80-68)84-67-47-27-55(75)63(31-51(47)70(79-67)82-65)87-59-23-39(11)15-19-43(59)35(5)6/h13-36H,1-12H3,(H2,77,78,79,80,81,82,83,84). The molecule has 0 aliphatic carbocycles. The van der Waals surface area contributed by atoms with Crippen molar-refractivity contribution in [1.82, 2.24) is 39.9 Å². The van der Waals surface area contributed by atoms with Crippen molar-refractivity contribution in [2.24, 2.45) is 0 Å². The molecule has 12 nitrogen and oxygen atoms in total. The number of nitrogens with one attached hydrogen (secondary N) is 2. The van der Waals surface area contributed by atoms with Crippen molar-refractivity contribution in [2.75, 3.05) is 0 Å². The minimum absolute atomic E-state index is 0.166. The highest BCUT2D eigenvalue weighted by atomic mass is 35.5. The van der Waals surface area contributed by atoms with Gasteiger partial charge in [-0.1, -0.05) is 150 Å². The van der Waals surface area contributed by atoms with Crippen molar-refractivity contribution >= 4 is 90.5 Å². The van der Waals surface area contributed by atoms with Crippen LogP contribution in [-0.2, 0) is 0 Å². The topological polar surface area (TPSA) is 146 Å². The fourth-order valence-electron chi connectivity index (χ4n) is 11.4. The molecule has 2 aliphatic rings. The van der Waals surface area contributed by atoms with Gasteiger partial charge in [0.2, 0.25) is 0 Å². The maximum Gasteiger partial charge on any atom is 0.164 e. The van der Waals surface area contributed by atoms with E-state index in [2.05, 4.69) is 114 Å². The average Bonchev–Trinajstić information content (AvgIpc) is 1.69. The average molecular weight is 1250 g/mol. The molecular weight excluding hydrogens is 1180 g/mol. The Bertz CT molecular complexity index is 4590. The lowest BCUT2D eigenvalue weighted by molar-refractivity contribution is 0.473. The lowest BCUT2D eigenvalue weighted by Crippen LogP contribution is -1.96. The van der Waals surface area contributed by atoms with Crippen LogP contribution in [0.15, 0.2) is 121 Å². The number of H-pyrrole nitrogens is 2. The first-order valence-electron chi connectivity index (χ1n) is 29.4. The van der Waals surface area contributed by atoms with Gasteiger partial charge in [-0.2, -0.15) is 0 Å². The number of benzene rings is 8. The summed E-state index contributed by atoms with van der Waals surface area (Å²) in [4.78, 5) is 39.1. The van der Waals surface area contributed by atoms with Gasteiger partial charge >= 0.3 is 0 Å². The van der Waals surface area contributed by atoms with Crippen LogP contribution < -0.4 is 18.9 Å². The van der Waals surface area contributed by atoms with Crippen LogP contribution in [0.25, 0.3) is 89.7 Å². The Kier molecular flexibility index (Phi) is 15.2. The number of hydrogen-bond donors (Lipinski definition) is 2. The highest BCUT2D eigenvalue weighted by Crippen LogP contribution is 2.48. The fraction of sp³-hybridized carbons (Fsp3) is 0.222. The molecule has 0 saturated heterocycles. The van der Waals surface area contributed by atoms with Gasteiger partial charge in [0.05, 0.1) is 20.1 Å². The third kappa shape index (κ3) is 10.9. The van der Waals surface area contributed by atoms with Crippen molar-refractivity contribution in [3.05, 3.63) is 186 Å². The van der Waals surface area contributed by atoms with Crippen LogP contribution in [0.2, 0.25) is 20.1 Å². The number of aromatic amines is 2. The summed E-state index contributed by atoms with van der Waals surface area (Å²) >= 11 is 29.3. The summed E-state index contributed by atoms with van der Waals surface area (Å²) in [7, 11) is 0. The van der Waals surface area contributed by atoms with Crippen LogP contribution in [0.5, 0.6) is 46.0 Å². The summed E-state index contributed by atoms with van der Waals surface area (Å²) in [5.41, 5.74) is 12.3. The van der Waals surface area contributed by atoms with E-state index in [1.54, 1.807) is 0 Å². The van der Waals surface area contributed by atoms with Crippen LogP contribution in [0.4, 0.5) is 0 Å². The summed E-state index contributed by atoms with van der Waals surface area (Å²) in [5.74, 6) is 6.31. The second-order valence-electron chi connectivity index (χ2n) is 24.1. The summed E-state index contributed by atoms with van der Waals surface area (Å²) in [6.45, 7) is 25.2. The highest BCUT2D eigenvalue weighted by Gasteiger charge is 2.28. The van der Waals surface area contributed by atoms with Crippen LogP contribution in [0.1, 0.15) is 124 Å². The number of fused-ring (bicyclic) bond motifs is 20. The first-order valence-corrected chi connectivity index (χ1v) is 30.9. The van der Waals surface area contributed by atoms with E-state index in [0.29, 0.717) is 156 Å². The Morgan fingerprint density at radius 2 is 0.523 bits per heavy atom. The van der Waals surface area contributed by atoms with Crippen molar-refractivity contribution in [3.8, 4) is 91.5 Å². The molecule has 2 N–H and O–H groups in total. The predicted octanol–water partition coefficient (Wildman–Crippen LogP) is 22.4. The SMILES string of the molecule is Cc1ccc(C(C)C)c(Oc2cc3c(cc2Cl)-c2nc-3nc3[nH]c(nc4nc(nc5[nH]c(n2)c2cc(Oc6cc(C)ccc6C(C)C)c(Cl)cc52)-c2cc(Oc5cc(C)ccc5C(C)C)c(Cl)cc2-4)c2cc(Oc4cc(C)ccc4C(C)C)c(Cl)cc32)c1. The van der Waals surface area contributed by atoms with E-state index in [1.807, 2.05) is 100 Å². The van der Waals surface area contributed by atoms with E-state index in [-0.39, 0.29) is 23.7 Å². The van der Waals surface area contributed by atoms with Gasteiger partial charge in [0.15, 0.2) is 23.3 Å². The molecule has 5 heterocycles. The van der Waals surface area contributed by atoms with Crippen LogP contribution in [0, 0.1) is 27.7 Å². The van der Waals surface area contributed by atoms with Crippen molar-refractivity contribution in [2.45, 2.75) is 107 Å². The van der Waals surface area contributed by atoms with Crippen molar-refractivity contribution in [3.63, 3.8) is 0 Å². The van der Waals surface area contributed by atoms with Gasteiger partial charge in [-0.15, -0.1) is 0 Å². The summed E-state index contributed by atoms with van der Waals surface area (Å²) in [6.07, 6.45) is 0. The minimum Gasteiger partial charge on any atom is -0.455 e. The van der Waals surface area contributed by atoms with Gasteiger partial charge in [-0.25, -0.2) is 29.9 Å². The second-order valence-corrected chi connectivity index (χ2v) is 25.7. The first kappa shape index (κ1) is 58.5. The number of halogens is 4. The Morgan fingerprint density at radius 3 is 0.795 bits per heavy atom. The van der Waals surface area contributed by atoms with Gasteiger partial charge in [0.1, 0.15) is 68.6 Å². The Labute approximate surface area is 530 Å². The monoisotopic (exact) mass is 1240 g/mol. The van der Waals surface area contributed by atoms with E-state index in [1.165, 1.54) is 0 Å². The molecule has 16 heteroatoms. The largest absolute Gasteiger partial charge is 0.455 e. The Morgan fingerprint density at radius 1 is 0.284 bits per heavy atom. The zero-order valence-electron chi connectivity index (χ0n) is 50.7. The maximum absolute atomic E-state index is 7.32. The molecule has 0 spiro atoms. The lowest BCUT2D eigenvalue weighted by atomic mass is 10.0. The van der Waals surface area contributed by atoms with Gasteiger partial charge < -0.3 is 28.9 Å².